The summed E-state index contributed by atoms with van der Waals surface area (Å²) < 4.78 is 5.49. The Hall–Kier alpha value is -1.39. The number of aryl methyl sites for hydroxylation is 1. The summed E-state index contributed by atoms with van der Waals surface area (Å²) in [5, 5.41) is 6.74. The third kappa shape index (κ3) is 4.55. The molecule has 21 heavy (non-hydrogen) atoms. The minimum Gasteiger partial charge on any atom is -0.382 e. The van der Waals surface area contributed by atoms with Gasteiger partial charge in [-0.25, -0.2) is 4.98 Å². The van der Waals surface area contributed by atoms with Crippen molar-refractivity contribution in [1.82, 2.24) is 4.98 Å². The van der Waals surface area contributed by atoms with Gasteiger partial charge in [-0.05, 0) is 46.2 Å². The van der Waals surface area contributed by atoms with Crippen molar-refractivity contribution < 1.29 is 4.74 Å². The summed E-state index contributed by atoms with van der Waals surface area (Å²) in [5.74, 6) is 0. The van der Waals surface area contributed by atoms with Gasteiger partial charge in [0.1, 0.15) is 0 Å². The van der Waals surface area contributed by atoms with Gasteiger partial charge in [-0.2, -0.15) is 0 Å². The highest BCUT2D eigenvalue weighted by Crippen LogP contribution is 2.25. The number of nitrogens with zero attached hydrogens (tertiary/aromatic N) is 1. The van der Waals surface area contributed by atoms with E-state index in [2.05, 4.69) is 60.7 Å². The second kappa shape index (κ2) is 6.58. The molecule has 1 unspecified atom stereocenters. The third-order valence-corrected chi connectivity index (χ3v) is 4.31. The zero-order valence-corrected chi connectivity index (χ0v) is 14.3. The van der Waals surface area contributed by atoms with Crippen LogP contribution in [-0.2, 0) is 4.74 Å². The Balaban J connectivity index is 2.08. The van der Waals surface area contributed by atoms with Gasteiger partial charge in [0, 0.05) is 29.8 Å². The molecular formula is C17H24N2OS. The van der Waals surface area contributed by atoms with E-state index in [0.29, 0.717) is 6.04 Å². The third-order valence-electron chi connectivity index (χ3n) is 3.54. The van der Waals surface area contributed by atoms with Gasteiger partial charge in [0.25, 0.3) is 0 Å². The minimum atomic E-state index is -0.115. The van der Waals surface area contributed by atoms with E-state index in [1.807, 2.05) is 6.92 Å². The Kier molecular flexibility index (Phi) is 5.01. The molecule has 0 spiro atoms. The summed E-state index contributed by atoms with van der Waals surface area (Å²) in [6, 6.07) is 8.76. The molecule has 114 valence electrons. The van der Waals surface area contributed by atoms with Crippen LogP contribution in [0.2, 0.25) is 0 Å². The van der Waals surface area contributed by atoms with Crippen LogP contribution in [0, 0.1) is 6.92 Å². The van der Waals surface area contributed by atoms with Gasteiger partial charge in [0.15, 0.2) is 0 Å². The van der Waals surface area contributed by atoms with Crippen LogP contribution in [0.15, 0.2) is 29.6 Å². The lowest BCUT2D eigenvalue weighted by Crippen LogP contribution is -2.31. The largest absolute Gasteiger partial charge is 0.382 e. The van der Waals surface area contributed by atoms with Crippen LogP contribution in [0.25, 0.3) is 11.3 Å². The van der Waals surface area contributed by atoms with Crippen LogP contribution in [0.5, 0.6) is 0 Å². The average Bonchev–Trinajstić information content (AvgIpc) is 2.85. The average molecular weight is 304 g/mol. The highest BCUT2D eigenvalue weighted by molar-refractivity contribution is 7.09. The first-order valence-corrected chi connectivity index (χ1v) is 8.12. The van der Waals surface area contributed by atoms with Crippen molar-refractivity contribution >= 4 is 17.0 Å². The maximum Gasteiger partial charge on any atom is 0.0901 e. The summed E-state index contributed by atoms with van der Waals surface area (Å²) in [6.45, 7) is 8.44. The van der Waals surface area contributed by atoms with E-state index in [1.165, 1.54) is 0 Å². The van der Waals surface area contributed by atoms with Crippen LogP contribution in [0.4, 0.5) is 5.69 Å². The maximum absolute atomic E-state index is 5.49. The molecule has 1 heterocycles. The first-order chi connectivity index (χ1) is 9.89. The number of nitrogens with one attached hydrogen (secondary N) is 1. The second-order valence-electron chi connectivity index (χ2n) is 6.05. The predicted octanol–water partition coefficient (Wildman–Crippen LogP) is 4.73. The van der Waals surface area contributed by atoms with Gasteiger partial charge in [-0.15, -0.1) is 11.3 Å². The maximum atomic E-state index is 5.49. The normalized spacial score (nSPS) is 13.2. The molecular weight excluding hydrogens is 280 g/mol. The monoisotopic (exact) mass is 304 g/mol. The number of anilines is 1. The minimum absolute atomic E-state index is 0.115. The van der Waals surface area contributed by atoms with Crippen molar-refractivity contribution in [2.24, 2.45) is 0 Å². The van der Waals surface area contributed by atoms with Gasteiger partial charge in [0.2, 0.25) is 0 Å². The zero-order chi connectivity index (χ0) is 15.5. The van der Waals surface area contributed by atoms with Crippen LogP contribution < -0.4 is 5.32 Å². The summed E-state index contributed by atoms with van der Waals surface area (Å²) in [5.41, 5.74) is 3.21. The standard InChI is InChI=1S/C17H24N2OS/c1-12(10-17(3,4)20-5)18-15-8-6-7-14(9-15)16-11-21-13(2)19-16/h6-9,11-12,18H,10H2,1-5H3. The fourth-order valence-corrected chi connectivity index (χ4v) is 3.04. The highest BCUT2D eigenvalue weighted by atomic mass is 32.1. The number of ether oxygens (including phenoxy) is 1. The number of thiazole rings is 1. The molecule has 0 bridgehead atoms. The topological polar surface area (TPSA) is 34.1 Å². The summed E-state index contributed by atoms with van der Waals surface area (Å²) in [6.07, 6.45) is 0.948. The second-order valence-corrected chi connectivity index (χ2v) is 7.11. The van der Waals surface area contributed by atoms with E-state index < -0.39 is 0 Å². The number of hydrogen-bond donors (Lipinski definition) is 1. The molecule has 3 nitrogen and oxygen atoms in total. The summed E-state index contributed by atoms with van der Waals surface area (Å²) >= 11 is 1.68. The van der Waals surface area contributed by atoms with Gasteiger partial charge < -0.3 is 10.1 Å². The van der Waals surface area contributed by atoms with E-state index >= 15 is 0 Å². The quantitative estimate of drug-likeness (QED) is 0.837. The molecule has 1 atom stereocenters. The molecule has 0 aliphatic carbocycles. The number of rotatable bonds is 6. The molecule has 1 aromatic carbocycles. The first kappa shape index (κ1) is 16.0. The van der Waals surface area contributed by atoms with E-state index in [1.54, 1.807) is 18.4 Å². The molecule has 1 aromatic heterocycles. The Morgan fingerprint density at radius 1 is 1.38 bits per heavy atom. The molecule has 0 amide bonds. The summed E-state index contributed by atoms with van der Waals surface area (Å²) in [7, 11) is 1.76. The zero-order valence-electron chi connectivity index (χ0n) is 13.4. The molecule has 1 N–H and O–H groups in total. The number of aromatic nitrogens is 1. The molecule has 0 aliphatic rings. The van der Waals surface area contributed by atoms with Crippen molar-refractivity contribution in [3.63, 3.8) is 0 Å². The lowest BCUT2D eigenvalue weighted by molar-refractivity contribution is 0.0128. The highest BCUT2D eigenvalue weighted by Gasteiger charge is 2.20. The predicted molar refractivity (Wildman–Crippen MR) is 91.1 cm³/mol. The van der Waals surface area contributed by atoms with Crippen molar-refractivity contribution in [1.29, 1.82) is 0 Å². The number of benzene rings is 1. The Bertz CT molecular complexity index is 592. The summed E-state index contributed by atoms with van der Waals surface area (Å²) in [4.78, 5) is 4.54. The Morgan fingerprint density at radius 2 is 2.14 bits per heavy atom. The molecule has 4 heteroatoms. The van der Waals surface area contributed by atoms with E-state index in [0.717, 1.165) is 28.4 Å². The van der Waals surface area contributed by atoms with Crippen molar-refractivity contribution in [3.05, 3.63) is 34.7 Å². The van der Waals surface area contributed by atoms with Crippen molar-refractivity contribution in [2.45, 2.75) is 45.8 Å². The molecule has 0 aliphatic heterocycles. The van der Waals surface area contributed by atoms with Crippen LogP contribution in [0.3, 0.4) is 0 Å². The van der Waals surface area contributed by atoms with Gasteiger partial charge >= 0.3 is 0 Å². The number of hydrogen-bond acceptors (Lipinski definition) is 4. The van der Waals surface area contributed by atoms with E-state index in [-0.39, 0.29) is 5.60 Å². The van der Waals surface area contributed by atoms with E-state index in [9.17, 15) is 0 Å². The fourth-order valence-electron chi connectivity index (χ4n) is 2.42. The molecule has 0 radical (unpaired) electrons. The Labute approximate surface area is 131 Å². The van der Waals surface area contributed by atoms with Gasteiger partial charge in [-0.1, -0.05) is 12.1 Å². The first-order valence-electron chi connectivity index (χ1n) is 7.24. The van der Waals surface area contributed by atoms with Gasteiger partial charge in [0.05, 0.1) is 16.3 Å². The molecule has 0 saturated carbocycles. The fraction of sp³-hybridized carbons (Fsp3) is 0.471. The molecule has 0 saturated heterocycles. The lowest BCUT2D eigenvalue weighted by Gasteiger charge is -2.27. The van der Waals surface area contributed by atoms with Gasteiger partial charge in [-0.3, -0.25) is 0 Å². The lowest BCUT2D eigenvalue weighted by atomic mass is 9.99. The Morgan fingerprint density at radius 3 is 2.76 bits per heavy atom. The van der Waals surface area contributed by atoms with Crippen LogP contribution in [0.1, 0.15) is 32.2 Å². The number of methoxy groups -OCH3 is 1. The van der Waals surface area contributed by atoms with E-state index in [4.69, 9.17) is 4.74 Å². The molecule has 2 rings (SSSR count). The SMILES string of the molecule is COC(C)(C)CC(C)Nc1cccc(-c2csc(C)n2)c1. The molecule has 0 fully saturated rings. The van der Waals surface area contributed by atoms with Crippen LogP contribution >= 0.6 is 11.3 Å². The van der Waals surface area contributed by atoms with Crippen molar-refractivity contribution in [2.75, 3.05) is 12.4 Å². The van der Waals surface area contributed by atoms with Crippen molar-refractivity contribution in [3.8, 4) is 11.3 Å². The smallest absolute Gasteiger partial charge is 0.0901 e. The molecule has 2 aromatic rings. The van der Waals surface area contributed by atoms with Crippen LogP contribution in [-0.4, -0.2) is 23.7 Å².